The Morgan fingerprint density at radius 1 is 0.939 bits per heavy atom. The Hall–Kier alpha value is -4.39. The Labute approximate surface area is 188 Å². The molecule has 3 N–H and O–H groups in total. The van der Waals surface area contributed by atoms with Gasteiger partial charge in [-0.2, -0.15) is 0 Å². The van der Waals surface area contributed by atoms with Gasteiger partial charge in [0.05, 0.1) is 7.11 Å². The van der Waals surface area contributed by atoms with Gasteiger partial charge < -0.3 is 29.0 Å². The maximum absolute atomic E-state index is 13.0. The molecule has 7 nitrogen and oxygen atoms in total. The average molecular weight is 443 g/mol. The second-order valence-corrected chi connectivity index (χ2v) is 7.83. The van der Waals surface area contributed by atoms with E-state index in [0.717, 1.165) is 16.7 Å². The van der Waals surface area contributed by atoms with Gasteiger partial charge in [0, 0.05) is 35.1 Å². The van der Waals surface area contributed by atoms with Crippen LogP contribution < -0.4 is 10.4 Å². The summed E-state index contributed by atoms with van der Waals surface area (Å²) in [6.45, 7) is 0.505. The van der Waals surface area contributed by atoms with Crippen LogP contribution in [0.5, 0.6) is 23.0 Å². The number of phenols is 3. The van der Waals surface area contributed by atoms with Gasteiger partial charge in [-0.1, -0.05) is 18.2 Å². The molecule has 7 heteroatoms. The molecule has 0 saturated heterocycles. The number of ether oxygens (including phenoxy) is 1. The van der Waals surface area contributed by atoms with E-state index in [9.17, 15) is 20.1 Å². The van der Waals surface area contributed by atoms with Crippen LogP contribution >= 0.6 is 0 Å². The minimum absolute atomic E-state index is 0.00427. The standard InChI is InChI=1S/C26H21NO6/c1-32-23-12-16(4-9-21(23)30)20-14-27(11-10-15-2-5-17(28)6-3-15)25-24(20)19-8-7-18(29)13-22(19)33-26(25)31/h2-9,12-14,28-30H,10-11H2,1H3. The van der Waals surface area contributed by atoms with E-state index >= 15 is 0 Å². The van der Waals surface area contributed by atoms with Crippen LogP contribution in [0.4, 0.5) is 0 Å². The van der Waals surface area contributed by atoms with Crippen LogP contribution in [0.25, 0.3) is 33.0 Å². The molecule has 33 heavy (non-hydrogen) atoms. The summed E-state index contributed by atoms with van der Waals surface area (Å²) in [6, 6.07) is 16.7. The number of aromatic nitrogens is 1. The Morgan fingerprint density at radius 2 is 1.70 bits per heavy atom. The highest BCUT2D eigenvalue weighted by atomic mass is 16.5. The molecule has 0 amide bonds. The quantitative estimate of drug-likeness (QED) is 0.338. The number of aromatic hydroxyl groups is 3. The Morgan fingerprint density at radius 3 is 2.45 bits per heavy atom. The summed E-state index contributed by atoms with van der Waals surface area (Å²) in [4.78, 5) is 13.0. The number of fused-ring (bicyclic) bond motifs is 3. The number of hydrogen-bond donors (Lipinski definition) is 3. The molecular formula is C26H21NO6. The lowest BCUT2D eigenvalue weighted by Gasteiger charge is -2.07. The predicted octanol–water partition coefficient (Wildman–Crippen LogP) is 4.78. The monoisotopic (exact) mass is 443 g/mol. The lowest BCUT2D eigenvalue weighted by atomic mass is 10.0. The molecule has 5 rings (SSSR count). The first-order chi connectivity index (χ1) is 15.9. The predicted molar refractivity (Wildman–Crippen MR) is 125 cm³/mol. The fourth-order valence-corrected chi connectivity index (χ4v) is 4.15. The van der Waals surface area contributed by atoms with Crippen LogP contribution in [0.1, 0.15) is 5.56 Å². The van der Waals surface area contributed by atoms with Crippen LogP contribution in [0.15, 0.2) is 76.1 Å². The summed E-state index contributed by atoms with van der Waals surface area (Å²) in [5, 5.41) is 30.8. The zero-order chi connectivity index (χ0) is 23.1. The molecule has 0 saturated carbocycles. The third-order valence-electron chi connectivity index (χ3n) is 5.78. The van der Waals surface area contributed by atoms with Crippen molar-refractivity contribution >= 4 is 21.9 Å². The normalized spacial score (nSPS) is 11.3. The molecule has 5 aromatic rings. The van der Waals surface area contributed by atoms with Crippen LogP contribution in [-0.2, 0) is 13.0 Å². The van der Waals surface area contributed by atoms with Crippen molar-refractivity contribution in [2.24, 2.45) is 0 Å². The summed E-state index contributed by atoms with van der Waals surface area (Å²) in [5.74, 6) is 0.544. The number of hydrogen-bond acceptors (Lipinski definition) is 6. The minimum atomic E-state index is -0.509. The van der Waals surface area contributed by atoms with Gasteiger partial charge in [0.1, 0.15) is 22.6 Å². The molecule has 0 spiro atoms. The number of benzene rings is 3. The van der Waals surface area contributed by atoms with Crippen LogP contribution in [-0.4, -0.2) is 27.0 Å². The van der Waals surface area contributed by atoms with Crippen LogP contribution in [0.2, 0.25) is 0 Å². The zero-order valence-corrected chi connectivity index (χ0v) is 17.8. The van der Waals surface area contributed by atoms with E-state index in [1.165, 1.54) is 13.2 Å². The first-order valence-electron chi connectivity index (χ1n) is 10.4. The van der Waals surface area contributed by atoms with Gasteiger partial charge in [0.15, 0.2) is 11.5 Å². The fourth-order valence-electron chi connectivity index (χ4n) is 4.15. The second kappa shape index (κ2) is 7.94. The number of rotatable bonds is 5. The topological polar surface area (TPSA) is 105 Å². The SMILES string of the molecule is COc1cc(-c2cn(CCc3ccc(O)cc3)c3c(=O)oc4cc(O)ccc4c23)ccc1O. The van der Waals surface area contributed by atoms with Crippen molar-refractivity contribution in [3.8, 4) is 34.1 Å². The summed E-state index contributed by atoms with van der Waals surface area (Å²) in [7, 11) is 1.48. The van der Waals surface area contributed by atoms with Gasteiger partial charge in [-0.3, -0.25) is 0 Å². The maximum Gasteiger partial charge on any atom is 0.361 e. The molecule has 0 aliphatic carbocycles. The Bertz CT molecular complexity index is 1550. The van der Waals surface area contributed by atoms with Gasteiger partial charge in [0.25, 0.3) is 0 Å². The Balaban J connectivity index is 1.73. The molecule has 0 bridgehead atoms. The van der Waals surface area contributed by atoms with Gasteiger partial charge >= 0.3 is 5.63 Å². The van der Waals surface area contributed by atoms with E-state index < -0.39 is 5.63 Å². The molecule has 2 aromatic heterocycles. The first kappa shape index (κ1) is 20.5. The lowest BCUT2D eigenvalue weighted by Crippen LogP contribution is -2.08. The number of aryl methyl sites for hydroxylation is 2. The maximum atomic E-state index is 13.0. The molecule has 0 fully saturated rings. The van der Waals surface area contributed by atoms with Crippen molar-refractivity contribution in [3.05, 3.63) is 82.8 Å². The lowest BCUT2D eigenvalue weighted by molar-refractivity contribution is 0.373. The summed E-state index contributed by atoms with van der Waals surface area (Å²) >= 11 is 0. The van der Waals surface area contributed by atoms with E-state index in [-0.39, 0.29) is 22.8 Å². The fraction of sp³-hybridized carbons (Fsp3) is 0.115. The molecule has 0 unspecified atom stereocenters. The highest BCUT2D eigenvalue weighted by Gasteiger charge is 2.19. The van der Waals surface area contributed by atoms with Crippen molar-refractivity contribution in [1.29, 1.82) is 0 Å². The van der Waals surface area contributed by atoms with E-state index in [1.54, 1.807) is 42.5 Å². The molecule has 0 radical (unpaired) electrons. The van der Waals surface area contributed by atoms with Crippen molar-refractivity contribution in [2.45, 2.75) is 13.0 Å². The third-order valence-corrected chi connectivity index (χ3v) is 5.78. The number of phenolic OH excluding ortho intramolecular Hbond substituents is 3. The highest BCUT2D eigenvalue weighted by molar-refractivity contribution is 6.12. The Kier molecular flexibility index (Phi) is 4.94. The van der Waals surface area contributed by atoms with Crippen molar-refractivity contribution in [2.75, 3.05) is 7.11 Å². The highest BCUT2D eigenvalue weighted by Crippen LogP contribution is 2.38. The largest absolute Gasteiger partial charge is 0.508 e. The number of methoxy groups -OCH3 is 1. The van der Waals surface area contributed by atoms with E-state index in [4.69, 9.17) is 9.15 Å². The first-order valence-corrected chi connectivity index (χ1v) is 10.4. The van der Waals surface area contributed by atoms with Crippen molar-refractivity contribution in [1.82, 2.24) is 4.57 Å². The molecular weight excluding hydrogens is 422 g/mol. The van der Waals surface area contributed by atoms with Crippen molar-refractivity contribution in [3.63, 3.8) is 0 Å². The van der Waals surface area contributed by atoms with Crippen molar-refractivity contribution < 1.29 is 24.5 Å². The molecule has 3 aromatic carbocycles. The zero-order valence-electron chi connectivity index (χ0n) is 17.8. The second-order valence-electron chi connectivity index (χ2n) is 7.83. The molecule has 0 aliphatic heterocycles. The molecule has 2 heterocycles. The molecule has 0 atom stereocenters. The van der Waals surface area contributed by atoms with E-state index in [0.29, 0.717) is 35.0 Å². The van der Waals surface area contributed by atoms with E-state index in [1.807, 2.05) is 22.9 Å². The summed E-state index contributed by atoms with van der Waals surface area (Å²) < 4.78 is 12.7. The molecule has 166 valence electrons. The van der Waals surface area contributed by atoms with E-state index in [2.05, 4.69) is 0 Å². The summed E-state index contributed by atoms with van der Waals surface area (Å²) in [5.41, 5.74) is 2.74. The van der Waals surface area contributed by atoms with Gasteiger partial charge in [-0.05, 0) is 53.9 Å². The van der Waals surface area contributed by atoms with Crippen LogP contribution in [0.3, 0.4) is 0 Å². The van der Waals surface area contributed by atoms with Gasteiger partial charge in [0.2, 0.25) is 0 Å². The smallest absolute Gasteiger partial charge is 0.361 e. The minimum Gasteiger partial charge on any atom is -0.508 e. The van der Waals surface area contributed by atoms with Crippen LogP contribution in [0, 0.1) is 0 Å². The third kappa shape index (κ3) is 3.63. The molecule has 0 aliphatic rings. The summed E-state index contributed by atoms with van der Waals surface area (Å²) in [6.07, 6.45) is 2.52. The number of nitrogens with zero attached hydrogens (tertiary/aromatic N) is 1. The van der Waals surface area contributed by atoms with Gasteiger partial charge in [-0.15, -0.1) is 0 Å². The van der Waals surface area contributed by atoms with Gasteiger partial charge in [-0.25, -0.2) is 4.79 Å². The average Bonchev–Trinajstić information content (AvgIpc) is 3.19.